The average molecular weight is 366 g/mol. The van der Waals surface area contributed by atoms with Gasteiger partial charge in [0.05, 0.1) is 22.8 Å². The molecule has 28 heavy (non-hydrogen) atoms. The van der Waals surface area contributed by atoms with Gasteiger partial charge in [-0.15, -0.1) is 0 Å². The van der Waals surface area contributed by atoms with Crippen molar-refractivity contribution in [3.05, 3.63) is 70.8 Å². The van der Waals surface area contributed by atoms with Crippen molar-refractivity contribution in [2.75, 3.05) is 0 Å². The zero-order chi connectivity index (χ0) is 19.3. The van der Waals surface area contributed by atoms with Crippen LogP contribution < -0.4 is 0 Å². The Bertz CT molecular complexity index is 1200. The molecule has 8 bridgehead atoms. The molecule has 0 aromatic carbocycles. The molecule has 0 saturated carbocycles. The Morgan fingerprint density at radius 2 is 1.04 bits per heavy atom. The molecule has 0 saturated heterocycles. The predicted octanol–water partition coefficient (Wildman–Crippen LogP) is 5.95. The Hall–Kier alpha value is -3.40. The number of nitrogens with one attached hydrogen (secondary N) is 2. The predicted molar refractivity (Wildman–Crippen MR) is 118 cm³/mol. The van der Waals surface area contributed by atoms with E-state index in [1.54, 1.807) is 0 Å². The lowest BCUT2D eigenvalue weighted by Gasteiger charge is -2.20. The van der Waals surface area contributed by atoms with E-state index in [1.807, 2.05) is 0 Å². The molecule has 2 aliphatic rings. The highest BCUT2D eigenvalue weighted by molar-refractivity contribution is 5.80. The van der Waals surface area contributed by atoms with E-state index in [4.69, 9.17) is 9.97 Å². The molecule has 0 spiro atoms. The molecule has 2 N–H and O–H groups in total. The molecule has 3 aromatic heterocycles. The van der Waals surface area contributed by atoms with E-state index in [2.05, 4.69) is 97.5 Å². The summed E-state index contributed by atoms with van der Waals surface area (Å²) >= 11 is 0. The van der Waals surface area contributed by atoms with Crippen LogP contribution in [0.2, 0.25) is 0 Å². The molecule has 0 fully saturated rings. The number of aromatic nitrogens is 4. The molecule has 0 atom stereocenters. The first-order valence-corrected chi connectivity index (χ1v) is 9.52. The van der Waals surface area contributed by atoms with Crippen LogP contribution in [0.25, 0.3) is 46.4 Å². The van der Waals surface area contributed by atoms with Gasteiger partial charge in [0.15, 0.2) is 0 Å². The van der Waals surface area contributed by atoms with Crippen LogP contribution in [-0.2, 0) is 5.41 Å². The second kappa shape index (κ2) is 6.06. The zero-order valence-corrected chi connectivity index (χ0v) is 16.2. The third-order valence-corrected chi connectivity index (χ3v) is 4.97. The van der Waals surface area contributed by atoms with Crippen molar-refractivity contribution in [3.8, 4) is 0 Å². The summed E-state index contributed by atoms with van der Waals surface area (Å²) in [7, 11) is 0. The minimum Gasteiger partial charge on any atom is -0.355 e. The highest BCUT2D eigenvalue weighted by Gasteiger charge is 2.23. The van der Waals surface area contributed by atoms with E-state index in [9.17, 15) is 0 Å². The van der Waals surface area contributed by atoms with E-state index < -0.39 is 0 Å². The summed E-state index contributed by atoms with van der Waals surface area (Å²) in [6, 6.07) is 14.6. The summed E-state index contributed by atoms with van der Waals surface area (Å²) in [5.74, 6) is 0. The van der Waals surface area contributed by atoms with Crippen molar-refractivity contribution < 1.29 is 0 Å². The number of rotatable bonds is 0. The van der Waals surface area contributed by atoms with E-state index >= 15 is 0 Å². The third-order valence-electron chi connectivity index (χ3n) is 4.97. The van der Waals surface area contributed by atoms with Crippen LogP contribution in [0.15, 0.2) is 42.5 Å². The van der Waals surface area contributed by atoms with Crippen molar-refractivity contribution >= 4 is 46.4 Å². The summed E-state index contributed by atoms with van der Waals surface area (Å²) < 4.78 is 0. The van der Waals surface area contributed by atoms with Gasteiger partial charge >= 0.3 is 0 Å². The average Bonchev–Trinajstić information content (AvgIpc) is 3.38. The maximum absolute atomic E-state index is 4.89. The van der Waals surface area contributed by atoms with Gasteiger partial charge in [-0.1, -0.05) is 20.8 Å². The molecule has 4 nitrogen and oxygen atoms in total. The molecular formula is C24H22N4. The highest BCUT2D eigenvalue weighted by Crippen LogP contribution is 2.31. The van der Waals surface area contributed by atoms with Gasteiger partial charge in [-0.25, -0.2) is 9.97 Å². The lowest BCUT2D eigenvalue weighted by molar-refractivity contribution is 0.583. The van der Waals surface area contributed by atoms with E-state index in [0.717, 1.165) is 50.4 Å². The maximum Gasteiger partial charge on any atom is 0.0696 e. The van der Waals surface area contributed by atoms with Gasteiger partial charge in [0, 0.05) is 27.6 Å². The van der Waals surface area contributed by atoms with Crippen molar-refractivity contribution in [3.63, 3.8) is 0 Å². The first-order valence-electron chi connectivity index (χ1n) is 9.52. The number of hydrogen-bond acceptors (Lipinski definition) is 2. The molecule has 2 aliphatic heterocycles. The fourth-order valence-electron chi connectivity index (χ4n) is 3.78. The molecule has 5 heterocycles. The Labute approximate surface area is 163 Å². The first kappa shape index (κ1) is 16.8. The molecule has 3 aromatic rings. The molecular weight excluding hydrogens is 344 g/mol. The molecule has 0 unspecified atom stereocenters. The lowest BCUT2D eigenvalue weighted by atomic mass is 9.84. The zero-order valence-electron chi connectivity index (χ0n) is 16.2. The molecule has 5 rings (SSSR count). The molecule has 0 aliphatic carbocycles. The first-order chi connectivity index (χ1) is 13.4. The normalized spacial score (nSPS) is 13.2. The van der Waals surface area contributed by atoms with E-state index in [-0.39, 0.29) is 5.41 Å². The van der Waals surface area contributed by atoms with Crippen LogP contribution in [0.1, 0.15) is 49.1 Å². The molecule has 4 heteroatoms. The number of hydrogen-bond donors (Lipinski definition) is 2. The monoisotopic (exact) mass is 366 g/mol. The van der Waals surface area contributed by atoms with Crippen LogP contribution in [-0.4, -0.2) is 19.9 Å². The second-order valence-electron chi connectivity index (χ2n) is 8.31. The number of H-pyrrole nitrogens is 2. The largest absolute Gasteiger partial charge is 0.355 e. The summed E-state index contributed by atoms with van der Waals surface area (Å²) in [4.78, 5) is 16.6. The van der Waals surface area contributed by atoms with E-state index in [0.29, 0.717) is 0 Å². The minimum absolute atomic E-state index is 0.0726. The van der Waals surface area contributed by atoms with Crippen LogP contribution in [0.3, 0.4) is 0 Å². The van der Waals surface area contributed by atoms with Crippen LogP contribution in [0.4, 0.5) is 0 Å². The fraction of sp³-hybridized carbons (Fsp3) is 0.167. The Kier molecular flexibility index (Phi) is 3.63. The Morgan fingerprint density at radius 1 is 0.607 bits per heavy atom. The van der Waals surface area contributed by atoms with Gasteiger partial charge in [-0.2, -0.15) is 0 Å². The number of fused-ring (bicyclic) bond motifs is 8. The van der Waals surface area contributed by atoms with Crippen LogP contribution in [0, 0.1) is 0 Å². The van der Waals surface area contributed by atoms with Crippen molar-refractivity contribution in [1.29, 1.82) is 0 Å². The Morgan fingerprint density at radius 3 is 1.46 bits per heavy atom. The topological polar surface area (TPSA) is 57.4 Å². The van der Waals surface area contributed by atoms with Crippen molar-refractivity contribution in [2.45, 2.75) is 26.2 Å². The SMILES string of the molecule is CC(C)(C)c1c2nc(cc3ccc(cc4ccc(cc5nc1C=C5)[nH]4)[nH]3)C=C2. The third kappa shape index (κ3) is 3.07. The van der Waals surface area contributed by atoms with Gasteiger partial charge in [0.25, 0.3) is 0 Å². The van der Waals surface area contributed by atoms with E-state index in [1.165, 1.54) is 0 Å². The molecule has 138 valence electrons. The van der Waals surface area contributed by atoms with Crippen LogP contribution >= 0.6 is 0 Å². The fourth-order valence-corrected chi connectivity index (χ4v) is 3.78. The summed E-state index contributed by atoms with van der Waals surface area (Å²) in [6.07, 6.45) is 8.32. The molecule has 0 radical (unpaired) electrons. The second-order valence-corrected chi connectivity index (χ2v) is 8.31. The quantitative estimate of drug-likeness (QED) is 0.356. The van der Waals surface area contributed by atoms with Crippen LogP contribution in [0.5, 0.6) is 0 Å². The van der Waals surface area contributed by atoms with Crippen molar-refractivity contribution in [1.82, 2.24) is 19.9 Å². The number of aromatic amines is 2. The summed E-state index contributed by atoms with van der Waals surface area (Å²) in [5.41, 5.74) is 9.11. The number of nitrogens with zero attached hydrogens (tertiary/aromatic N) is 2. The Balaban J connectivity index is 1.90. The maximum atomic E-state index is 4.89. The highest BCUT2D eigenvalue weighted by atomic mass is 14.8. The summed E-state index contributed by atoms with van der Waals surface area (Å²) in [5, 5.41) is 0. The smallest absolute Gasteiger partial charge is 0.0696 e. The van der Waals surface area contributed by atoms with Gasteiger partial charge in [0.1, 0.15) is 0 Å². The van der Waals surface area contributed by atoms with Gasteiger partial charge in [0.2, 0.25) is 0 Å². The van der Waals surface area contributed by atoms with Gasteiger partial charge < -0.3 is 9.97 Å². The lowest BCUT2D eigenvalue weighted by Crippen LogP contribution is -2.15. The standard InChI is InChI=1S/C24H22N4/c1-24(2,3)23-21-10-8-19(27-21)13-17-6-4-15(25-17)12-16-5-7-18(26-16)14-20-9-11-22(23)28-20/h4-14,25-26H,1-3H3. The summed E-state index contributed by atoms with van der Waals surface area (Å²) in [6.45, 7) is 6.63. The minimum atomic E-state index is -0.0726. The van der Waals surface area contributed by atoms with Crippen molar-refractivity contribution in [2.24, 2.45) is 0 Å². The molecule has 0 amide bonds. The van der Waals surface area contributed by atoms with Gasteiger partial charge in [-0.3, -0.25) is 0 Å². The van der Waals surface area contributed by atoms with Gasteiger partial charge in [-0.05, 0) is 72.2 Å².